The quantitative estimate of drug-likeness (QED) is 0.732. The van der Waals surface area contributed by atoms with Gasteiger partial charge in [0.15, 0.2) is 0 Å². The van der Waals surface area contributed by atoms with Gasteiger partial charge in [0.05, 0.1) is 6.07 Å². The van der Waals surface area contributed by atoms with Crippen molar-refractivity contribution in [2.75, 3.05) is 11.9 Å². The van der Waals surface area contributed by atoms with Gasteiger partial charge >= 0.3 is 0 Å². The second kappa shape index (κ2) is 4.15. The molecule has 1 N–H and O–H groups in total. The maximum Gasteiger partial charge on any atom is 0.0628 e. The van der Waals surface area contributed by atoms with Crippen molar-refractivity contribution in [3.8, 4) is 6.07 Å². The summed E-state index contributed by atoms with van der Waals surface area (Å²) in [5.74, 6) is 0.422. The van der Waals surface area contributed by atoms with Gasteiger partial charge in [0, 0.05) is 18.7 Å². The molecule has 2 nitrogen and oxygen atoms in total. The summed E-state index contributed by atoms with van der Waals surface area (Å²) in [7, 11) is 0. The average molecular weight is 186 g/mol. The summed E-state index contributed by atoms with van der Waals surface area (Å²) < 4.78 is 0. The number of fused-ring (bicyclic) bond motifs is 1. The summed E-state index contributed by atoms with van der Waals surface area (Å²) in [6, 6.07) is 10.6. The molecule has 1 atom stereocenters. The Kier molecular flexibility index (Phi) is 2.69. The Hall–Kier alpha value is -1.49. The summed E-state index contributed by atoms with van der Waals surface area (Å²) in [6.45, 7) is 1.03. The van der Waals surface area contributed by atoms with Gasteiger partial charge < -0.3 is 5.32 Å². The van der Waals surface area contributed by atoms with E-state index in [2.05, 4.69) is 29.6 Å². The number of nitriles is 1. The highest BCUT2D eigenvalue weighted by Crippen LogP contribution is 2.32. The third kappa shape index (κ3) is 1.72. The maximum absolute atomic E-state index is 8.77. The van der Waals surface area contributed by atoms with Crippen LogP contribution in [0.5, 0.6) is 0 Å². The standard InChI is InChI=1S/C12H14N2/c13-8-7-10-4-3-9-14-12-6-2-1-5-11(10)12/h1-2,5-6,10,14H,3-4,7,9H2. The lowest BCUT2D eigenvalue weighted by atomic mass is 9.92. The molecule has 0 radical (unpaired) electrons. The molecule has 0 bridgehead atoms. The highest BCUT2D eigenvalue weighted by atomic mass is 14.9. The zero-order chi connectivity index (χ0) is 9.80. The molecule has 0 aromatic heterocycles. The first-order chi connectivity index (χ1) is 6.92. The monoisotopic (exact) mass is 186 g/mol. The van der Waals surface area contributed by atoms with Gasteiger partial charge in [0.1, 0.15) is 0 Å². The first-order valence-corrected chi connectivity index (χ1v) is 5.11. The third-order valence-electron chi connectivity index (χ3n) is 2.78. The molecular weight excluding hydrogens is 172 g/mol. The molecule has 0 amide bonds. The Balaban J connectivity index is 2.33. The largest absolute Gasteiger partial charge is 0.385 e. The van der Waals surface area contributed by atoms with Crippen LogP contribution in [0.3, 0.4) is 0 Å². The van der Waals surface area contributed by atoms with Crippen LogP contribution in [0.2, 0.25) is 0 Å². The molecule has 14 heavy (non-hydrogen) atoms. The molecule has 0 spiro atoms. The molecule has 0 saturated carbocycles. The van der Waals surface area contributed by atoms with Crippen molar-refractivity contribution in [3.05, 3.63) is 29.8 Å². The topological polar surface area (TPSA) is 35.8 Å². The molecule has 2 heteroatoms. The predicted octanol–water partition coefficient (Wildman–Crippen LogP) is 2.89. The van der Waals surface area contributed by atoms with Crippen LogP contribution in [0.1, 0.15) is 30.7 Å². The maximum atomic E-state index is 8.77. The Morgan fingerprint density at radius 2 is 2.29 bits per heavy atom. The normalized spacial score (nSPS) is 20.1. The van der Waals surface area contributed by atoms with Crippen molar-refractivity contribution in [1.29, 1.82) is 5.26 Å². The molecule has 1 heterocycles. The van der Waals surface area contributed by atoms with Crippen molar-refractivity contribution >= 4 is 5.69 Å². The predicted molar refractivity (Wildman–Crippen MR) is 57.1 cm³/mol. The number of para-hydroxylation sites is 1. The van der Waals surface area contributed by atoms with Gasteiger partial charge in [-0.05, 0) is 30.4 Å². The lowest BCUT2D eigenvalue weighted by Crippen LogP contribution is -1.99. The Morgan fingerprint density at radius 1 is 1.43 bits per heavy atom. The van der Waals surface area contributed by atoms with Gasteiger partial charge in [-0.1, -0.05) is 18.2 Å². The van der Waals surface area contributed by atoms with Gasteiger partial charge in [-0.15, -0.1) is 0 Å². The Morgan fingerprint density at radius 3 is 3.14 bits per heavy atom. The van der Waals surface area contributed by atoms with Crippen LogP contribution >= 0.6 is 0 Å². The molecule has 72 valence electrons. The van der Waals surface area contributed by atoms with E-state index in [1.165, 1.54) is 11.3 Å². The average Bonchev–Trinajstić information content (AvgIpc) is 2.42. The lowest BCUT2D eigenvalue weighted by Gasteiger charge is -2.13. The van der Waals surface area contributed by atoms with Crippen molar-refractivity contribution < 1.29 is 0 Å². The number of rotatable bonds is 1. The number of nitrogens with zero attached hydrogens (tertiary/aromatic N) is 1. The number of hydrogen-bond acceptors (Lipinski definition) is 2. The molecule has 1 aromatic carbocycles. The SMILES string of the molecule is N#CCC1CCCNc2ccccc21. The van der Waals surface area contributed by atoms with Gasteiger partial charge in [0.2, 0.25) is 0 Å². The van der Waals surface area contributed by atoms with Gasteiger partial charge in [0.25, 0.3) is 0 Å². The van der Waals surface area contributed by atoms with E-state index in [9.17, 15) is 0 Å². The minimum atomic E-state index is 0.422. The molecule has 0 saturated heterocycles. The molecule has 0 aliphatic carbocycles. The van der Waals surface area contributed by atoms with E-state index in [4.69, 9.17) is 5.26 Å². The summed E-state index contributed by atoms with van der Waals surface area (Å²) in [5, 5.41) is 12.2. The van der Waals surface area contributed by atoms with Crippen LogP contribution < -0.4 is 5.32 Å². The molecule has 1 aromatic rings. The molecule has 1 aliphatic rings. The van der Waals surface area contributed by atoms with Gasteiger partial charge in [-0.2, -0.15) is 5.26 Å². The summed E-state index contributed by atoms with van der Waals surface area (Å²) >= 11 is 0. The summed E-state index contributed by atoms with van der Waals surface area (Å²) in [5.41, 5.74) is 2.52. The molecule has 1 unspecified atom stereocenters. The number of anilines is 1. The molecular formula is C12H14N2. The second-order valence-electron chi connectivity index (χ2n) is 3.72. The summed E-state index contributed by atoms with van der Waals surface area (Å²) in [4.78, 5) is 0. The Bertz CT molecular complexity index is 352. The van der Waals surface area contributed by atoms with Crippen molar-refractivity contribution in [2.24, 2.45) is 0 Å². The van der Waals surface area contributed by atoms with E-state index in [0.29, 0.717) is 12.3 Å². The number of benzene rings is 1. The molecule has 0 fully saturated rings. The molecule has 2 rings (SSSR count). The first-order valence-electron chi connectivity index (χ1n) is 5.11. The van der Waals surface area contributed by atoms with Crippen molar-refractivity contribution in [3.63, 3.8) is 0 Å². The van der Waals surface area contributed by atoms with Crippen molar-refractivity contribution in [2.45, 2.75) is 25.2 Å². The van der Waals surface area contributed by atoms with E-state index in [1.807, 2.05) is 6.07 Å². The lowest BCUT2D eigenvalue weighted by molar-refractivity contribution is 0.629. The van der Waals surface area contributed by atoms with Crippen LogP contribution in [0.4, 0.5) is 5.69 Å². The van der Waals surface area contributed by atoms with E-state index < -0.39 is 0 Å². The fourth-order valence-corrected chi connectivity index (χ4v) is 2.06. The zero-order valence-corrected chi connectivity index (χ0v) is 8.16. The van der Waals surface area contributed by atoms with E-state index in [-0.39, 0.29) is 0 Å². The van der Waals surface area contributed by atoms with E-state index in [1.54, 1.807) is 0 Å². The highest BCUT2D eigenvalue weighted by molar-refractivity contribution is 5.53. The molecule has 1 aliphatic heterocycles. The minimum absolute atomic E-state index is 0.422. The smallest absolute Gasteiger partial charge is 0.0628 e. The summed E-state index contributed by atoms with van der Waals surface area (Å²) in [6.07, 6.45) is 2.91. The van der Waals surface area contributed by atoms with Crippen LogP contribution in [-0.2, 0) is 0 Å². The van der Waals surface area contributed by atoms with Gasteiger partial charge in [-0.3, -0.25) is 0 Å². The fraction of sp³-hybridized carbons (Fsp3) is 0.417. The van der Waals surface area contributed by atoms with Gasteiger partial charge in [-0.25, -0.2) is 0 Å². The van der Waals surface area contributed by atoms with Crippen LogP contribution in [0.15, 0.2) is 24.3 Å². The van der Waals surface area contributed by atoms with Crippen molar-refractivity contribution in [1.82, 2.24) is 0 Å². The van der Waals surface area contributed by atoms with E-state index >= 15 is 0 Å². The van der Waals surface area contributed by atoms with Crippen LogP contribution in [-0.4, -0.2) is 6.54 Å². The Labute approximate surface area is 84.6 Å². The van der Waals surface area contributed by atoms with Crippen LogP contribution in [0, 0.1) is 11.3 Å². The first kappa shape index (κ1) is 9.08. The second-order valence-corrected chi connectivity index (χ2v) is 3.72. The minimum Gasteiger partial charge on any atom is -0.385 e. The number of nitrogens with one attached hydrogen (secondary N) is 1. The fourth-order valence-electron chi connectivity index (χ4n) is 2.06. The zero-order valence-electron chi connectivity index (χ0n) is 8.16. The highest BCUT2D eigenvalue weighted by Gasteiger charge is 2.17. The number of hydrogen-bond donors (Lipinski definition) is 1. The third-order valence-corrected chi connectivity index (χ3v) is 2.78. The van der Waals surface area contributed by atoms with Crippen LogP contribution in [0.25, 0.3) is 0 Å². The van der Waals surface area contributed by atoms with E-state index in [0.717, 1.165) is 19.4 Å².